The lowest BCUT2D eigenvalue weighted by Crippen LogP contribution is -2.42. The number of carbonyl (C=O) groups excluding carboxylic acids is 1. The monoisotopic (exact) mass is 239 g/mol. The molecular formula is C11H17N3O3. The molecule has 6 nitrogen and oxygen atoms in total. The Morgan fingerprint density at radius 2 is 2.24 bits per heavy atom. The molecule has 1 amide bonds. The van der Waals surface area contributed by atoms with Crippen molar-refractivity contribution in [1.29, 1.82) is 0 Å². The highest BCUT2D eigenvalue weighted by Crippen LogP contribution is 2.05. The standard InChI is InChI=1S/C11H17N3O3/c1-7(2)5-9(11(16)17)13-10(15)6-8-3-4-12-14-8/h3-4,7,9H,5-6H2,1-2H3,(H,12,14)(H,13,15)(H,16,17)/t9-/m1/s1. The zero-order chi connectivity index (χ0) is 12.8. The van der Waals surface area contributed by atoms with Crippen LogP contribution in [0, 0.1) is 5.92 Å². The van der Waals surface area contributed by atoms with Crippen molar-refractivity contribution in [3.63, 3.8) is 0 Å². The number of hydrogen-bond donors (Lipinski definition) is 3. The molecule has 0 aliphatic heterocycles. The van der Waals surface area contributed by atoms with Crippen LogP contribution >= 0.6 is 0 Å². The summed E-state index contributed by atoms with van der Waals surface area (Å²) >= 11 is 0. The van der Waals surface area contributed by atoms with Crippen LogP contribution in [-0.2, 0) is 16.0 Å². The van der Waals surface area contributed by atoms with Gasteiger partial charge in [0.15, 0.2) is 0 Å². The van der Waals surface area contributed by atoms with Gasteiger partial charge in [-0.2, -0.15) is 5.10 Å². The minimum Gasteiger partial charge on any atom is -0.480 e. The molecule has 0 aliphatic carbocycles. The molecule has 1 rings (SSSR count). The maximum absolute atomic E-state index is 11.6. The van der Waals surface area contributed by atoms with Crippen LogP contribution in [0.5, 0.6) is 0 Å². The summed E-state index contributed by atoms with van der Waals surface area (Å²) in [6, 6.07) is 0.850. The lowest BCUT2D eigenvalue weighted by atomic mass is 10.0. The summed E-state index contributed by atoms with van der Waals surface area (Å²) in [5.41, 5.74) is 0.663. The Kier molecular flexibility index (Phi) is 4.68. The SMILES string of the molecule is CC(C)C[C@@H](NC(=O)Cc1ccn[nH]1)C(=O)O. The summed E-state index contributed by atoms with van der Waals surface area (Å²) in [6.07, 6.45) is 2.08. The Bertz CT molecular complexity index is 373. The number of aliphatic carboxylic acids is 1. The van der Waals surface area contributed by atoms with Gasteiger partial charge in [0.1, 0.15) is 6.04 Å². The Morgan fingerprint density at radius 1 is 1.53 bits per heavy atom. The molecule has 0 fully saturated rings. The van der Waals surface area contributed by atoms with E-state index in [9.17, 15) is 9.59 Å². The molecule has 0 saturated carbocycles. The molecule has 1 aromatic rings. The van der Waals surface area contributed by atoms with Gasteiger partial charge in [0.2, 0.25) is 5.91 Å². The lowest BCUT2D eigenvalue weighted by molar-refractivity contribution is -0.142. The van der Waals surface area contributed by atoms with E-state index in [0.29, 0.717) is 12.1 Å². The third kappa shape index (κ3) is 4.67. The number of nitrogens with zero attached hydrogens (tertiary/aromatic N) is 1. The number of rotatable bonds is 6. The molecule has 0 bridgehead atoms. The number of aromatic nitrogens is 2. The smallest absolute Gasteiger partial charge is 0.326 e. The van der Waals surface area contributed by atoms with Crippen molar-refractivity contribution in [2.75, 3.05) is 0 Å². The molecule has 0 aliphatic rings. The molecule has 3 N–H and O–H groups in total. The molecule has 0 spiro atoms. The van der Waals surface area contributed by atoms with Gasteiger partial charge < -0.3 is 10.4 Å². The van der Waals surface area contributed by atoms with E-state index in [4.69, 9.17) is 5.11 Å². The number of nitrogens with one attached hydrogen (secondary N) is 2. The molecule has 0 aromatic carbocycles. The van der Waals surface area contributed by atoms with Crippen molar-refractivity contribution in [3.8, 4) is 0 Å². The Hall–Kier alpha value is -1.85. The van der Waals surface area contributed by atoms with E-state index in [1.807, 2.05) is 13.8 Å². The van der Waals surface area contributed by atoms with Crippen LogP contribution in [0.25, 0.3) is 0 Å². The summed E-state index contributed by atoms with van der Waals surface area (Å²) in [7, 11) is 0. The second-order valence-electron chi connectivity index (χ2n) is 4.35. The molecular weight excluding hydrogens is 222 g/mol. The number of amides is 1. The van der Waals surface area contributed by atoms with Crippen LogP contribution in [0.4, 0.5) is 0 Å². The molecule has 1 atom stereocenters. The summed E-state index contributed by atoms with van der Waals surface area (Å²) in [6.45, 7) is 3.83. The second-order valence-corrected chi connectivity index (χ2v) is 4.35. The van der Waals surface area contributed by atoms with Crippen molar-refractivity contribution in [1.82, 2.24) is 15.5 Å². The van der Waals surface area contributed by atoms with E-state index in [-0.39, 0.29) is 18.2 Å². The van der Waals surface area contributed by atoms with E-state index < -0.39 is 12.0 Å². The van der Waals surface area contributed by atoms with Gasteiger partial charge in [-0.15, -0.1) is 0 Å². The van der Waals surface area contributed by atoms with Crippen molar-refractivity contribution in [2.45, 2.75) is 32.7 Å². The third-order valence-electron chi connectivity index (χ3n) is 2.25. The van der Waals surface area contributed by atoms with Gasteiger partial charge in [-0.05, 0) is 18.4 Å². The molecule has 1 aromatic heterocycles. The maximum Gasteiger partial charge on any atom is 0.326 e. The zero-order valence-electron chi connectivity index (χ0n) is 9.93. The van der Waals surface area contributed by atoms with Gasteiger partial charge in [-0.1, -0.05) is 13.8 Å². The summed E-state index contributed by atoms with van der Waals surface area (Å²) in [4.78, 5) is 22.5. The Morgan fingerprint density at radius 3 is 2.71 bits per heavy atom. The first-order valence-electron chi connectivity index (χ1n) is 5.49. The summed E-state index contributed by atoms with van der Waals surface area (Å²) in [5.74, 6) is -1.11. The fourth-order valence-electron chi connectivity index (χ4n) is 1.49. The van der Waals surface area contributed by atoms with Crippen LogP contribution in [0.15, 0.2) is 12.3 Å². The predicted octanol–water partition coefficient (Wildman–Crippen LogP) is 0.568. The van der Waals surface area contributed by atoms with Crippen molar-refractivity contribution in [2.24, 2.45) is 5.92 Å². The van der Waals surface area contributed by atoms with Crippen LogP contribution in [0.3, 0.4) is 0 Å². The molecule has 0 saturated heterocycles. The molecule has 94 valence electrons. The lowest BCUT2D eigenvalue weighted by Gasteiger charge is -2.16. The number of aromatic amines is 1. The van der Waals surface area contributed by atoms with Crippen molar-refractivity contribution >= 4 is 11.9 Å². The predicted molar refractivity (Wildman–Crippen MR) is 61.3 cm³/mol. The molecule has 1 heterocycles. The molecule has 0 unspecified atom stereocenters. The number of carbonyl (C=O) groups is 2. The van der Waals surface area contributed by atoms with Gasteiger partial charge in [-0.3, -0.25) is 9.89 Å². The number of carboxylic acid groups (broad SMARTS) is 1. The maximum atomic E-state index is 11.6. The third-order valence-corrected chi connectivity index (χ3v) is 2.25. The van der Waals surface area contributed by atoms with E-state index in [1.165, 1.54) is 0 Å². The molecule has 17 heavy (non-hydrogen) atoms. The number of carboxylic acids is 1. The average Bonchev–Trinajstić information content (AvgIpc) is 2.68. The Labute approximate surface area is 99.4 Å². The minimum atomic E-state index is -1.00. The van der Waals surface area contributed by atoms with Gasteiger partial charge in [0, 0.05) is 11.9 Å². The van der Waals surface area contributed by atoms with Gasteiger partial charge >= 0.3 is 5.97 Å². The minimum absolute atomic E-state index is 0.113. The van der Waals surface area contributed by atoms with Crippen LogP contribution in [0.1, 0.15) is 26.0 Å². The van der Waals surface area contributed by atoms with E-state index in [1.54, 1.807) is 12.3 Å². The zero-order valence-corrected chi connectivity index (χ0v) is 9.93. The first kappa shape index (κ1) is 13.2. The normalized spacial score (nSPS) is 12.4. The van der Waals surface area contributed by atoms with Gasteiger partial charge in [0.05, 0.1) is 6.42 Å². The van der Waals surface area contributed by atoms with E-state index in [0.717, 1.165) is 0 Å². The highest BCUT2D eigenvalue weighted by Gasteiger charge is 2.21. The highest BCUT2D eigenvalue weighted by molar-refractivity contribution is 5.84. The Balaban J connectivity index is 2.49. The molecule has 0 radical (unpaired) electrons. The fraction of sp³-hybridized carbons (Fsp3) is 0.545. The largest absolute Gasteiger partial charge is 0.480 e. The van der Waals surface area contributed by atoms with Crippen molar-refractivity contribution in [3.05, 3.63) is 18.0 Å². The summed E-state index contributed by atoms with van der Waals surface area (Å²) < 4.78 is 0. The van der Waals surface area contributed by atoms with Crippen LogP contribution in [0.2, 0.25) is 0 Å². The number of hydrogen-bond acceptors (Lipinski definition) is 3. The first-order chi connectivity index (χ1) is 7.99. The second kappa shape index (κ2) is 6.03. The topological polar surface area (TPSA) is 95.1 Å². The number of H-pyrrole nitrogens is 1. The molecule has 6 heteroatoms. The summed E-state index contributed by atoms with van der Waals surface area (Å²) in [5, 5.41) is 17.8. The van der Waals surface area contributed by atoms with Crippen molar-refractivity contribution < 1.29 is 14.7 Å². The van der Waals surface area contributed by atoms with Gasteiger partial charge in [-0.25, -0.2) is 4.79 Å². The average molecular weight is 239 g/mol. The van der Waals surface area contributed by atoms with E-state index in [2.05, 4.69) is 15.5 Å². The highest BCUT2D eigenvalue weighted by atomic mass is 16.4. The quantitative estimate of drug-likeness (QED) is 0.676. The van der Waals surface area contributed by atoms with Crippen LogP contribution < -0.4 is 5.32 Å². The van der Waals surface area contributed by atoms with E-state index >= 15 is 0 Å². The first-order valence-corrected chi connectivity index (χ1v) is 5.49. The van der Waals surface area contributed by atoms with Crippen LogP contribution in [-0.4, -0.2) is 33.2 Å². The fourth-order valence-corrected chi connectivity index (χ4v) is 1.49. The van der Waals surface area contributed by atoms with Gasteiger partial charge in [0.25, 0.3) is 0 Å².